The van der Waals surface area contributed by atoms with Crippen molar-refractivity contribution in [1.29, 1.82) is 0 Å². The highest BCUT2D eigenvalue weighted by Gasteiger charge is 2.52. The zero-order valence-corrected chi connectivity index (χ0v) is 23.4. The second-order valence-corrected chi connectivity index (χ2v) is 15.2. The molecule has 0 bridgehead atoms. The van der Waals surface area contributed by atoms with Gasteiger partial charge in [0.15, 0.2) is 8.07 Å². The molecule has 188 valence electrons. The van der Waals surface area contributed by atoms with E-state index < -0.39 is 8.07 Å². The van der Waals surface area contributed by atoms with Crippen molar-refractivity contribution in [2.75, 3.05) is 0 Å². The zero-order chi connectivity index (χ0) is 26.3. The highest BCUT2D eigenvalue weighted by Crippen LogP contribution is 2.39. The highest BCUT2D eigenvalue weighted by molar-refractivity contribution is 8.00. The third kappa shape index (κ3) is 2.84. The summed E-state index contributed by atoms with van der Waals surface area (Å²) in [6.07, 6.45) is 0. The summed E-state index contributed by atoms with van der Waals surface area (Å²) in [5, 5.41) is 8.08. The summed E-state index contributed by atoms with van der Waals surface area (Å²) in [5.41, 5.74) is 3.66. The Morgan fingerprint density at radius 3 is 1.68 bits per heavy atom. The molecule has 7 aromatic rings. The van der Waals surface area contributed by atoms with E-state index in [1.807, 2.05) is 11.8 Å². The molecule has 0 unspecified atom stereocenters. The molecule has 3 heterocycles. The molecule has 2 aliphatic rings. The highest BCUT2D eigenvalue weighted by atomic mass is 32.2. The summed E-state index contributed by atoms with van der Waals surface area (Å²) >= 11 is 1.90. The van der Waals surface area contributed by atoms with Crippen LogP contribution in [-0.4, -0.2) is 12.6 Å². The van der Waals surface area contributed by atoms with Gasteiger partial charge in [-0.15, -0.1) is 0 Å². The predicted molar refractivity (Wildman–Crippen MR) is 169 cm³/mol. The molecule has 0 N–H and O–H groups in total. The fourth-order valence-electron chi connectivity index (χ4n) is 6.94. The Labute approximate surface area is 237 Å². The van der Waals surface area contributed by atoms with Gasteiger partial charge in [0, 0.05) is 26.3 Å². The van der Waals surface area contributed by atoms with Crippen molar-refractivity contribution in [3.63, 3.8) is 0 Å². The molecule has 0 saturated heterocycles. The zero-order valence-electron chi connectivity index (χ0n) is 21.5. The monoisotopic (exact) mass is 545 g/mol. The molecule has 0 saturated carbocycles. The van der Waals surface area contributed by atoms with Crippen LogP contribution in [0.15, 0.2) is 149 Å². The number of rotatable bonds is 1. The Hall–Kier alpha value is -4.51. The van der Waals surface area contributed by atoms with Crippen molar-refractivity contribution >= 4 is 62.4 Å². The Morgan fingerprint density at radius 1 is 0.475 bits per heavy atom. The Kier molecular flexibility index (Phi) is 4.60. The molecule has 4 heteroatoms. The normalized spacial score (nSPS) is 14.3. The minimum Gasteiger partial charge on any atom is -0.458 e. The van der Waals surface area contributed by atoms with Crippen LogP contribution >= 0.6 is 11.8 Å². The Bertz CT molecular complexity index is 1990. The third-order valence-electron chi connectivity index (χ3n) is 8.52. The van der Waals surface area contributed by atoms with E-state index in [4.69, 9.17) is 4.74 Å². The minimum absolute atomic E-state index is 0.975. The molecule has 1 spiro atoms. The van der Waals surface area contributed by atoms with Crippen molar-refractivity contribution < 1.29 is 4.74 Å². The van der Waals surface area contributed by atoms with Crippen LogP contribution in [0.1, 0.15) is 0 Å². The lowest BCUT2D eigenvalue weighted by Gasteiger charge is -2.43. The van der Waals surface area contributed by atoms with Crippen LogP contribution in [0.25, 0.3) is 27.5 Å². The van der Waals surface area contributed by atoms with E-state index >= 15 is 0 Å². The first kappa shape index (κ1) is 22.3. The van der Waals surface area contributed by atoms with Gasteiger partial charge in [0.05, 0.1) is 11.0 Å². The molecule has 0 radical (unpaired) electrons. The summed E-state index contributed by atoms with van der Waals surface area (Å²) in [6.45, 7) is 0. The molecule has 0 atom stereocenters. The van der Waals surface area contributed by atoms with Crippen LogP contribution in [0.2, 0.25) is 0 Å². The lowest BCUT2D eigenvalue weighted by molar-refractivity contribution is 0.487. The molecule has 0 amide bonds. The first-order valence-electron chi connectivity index (χ1n) is 13.6. The standard InChI is InChI=1S/C36H23NOSSi/c1-3-13-27-25(11-1)26-12-2-4-14-28(26)37(27)24-21-22-32-36(23-24)40(35-20-10-7-17-31(35)39-32)33-18-8-5-15-29(33)38-30-16-6-9-19-34(30)40/h1-23H. The number of aromatic nitrogens is 1. The van der Waals surface area contributed by atoms with Gasteiger partial charge in [-0.3, -0.25) is 0 Å². The molecular weight excluding hydrogens is 523 g/mol. The quantitative estimate of drug-likeness (QED) is 0.212. The van der Waals surface area contributed by atoms with Gasteiger partial charge in [0.2, 0.25) is 0 Å². The van der Waals surface area contributed by atoms with Crippen molar-refractivity contribution in [3.05, 3.63) is 140 Å². The summed E-state index contributed by atoms with van der Waals surface area (Å²) in [7, 11) is -2.69. The number of hydrogen-bond acceptors (Lipinski definition) is 2. The van der Waals surface area contributed by atoms with E-state index in [-0.39, 0.29) is 0 Å². The number of para-hydroxylation sites is 4. The Morgan fingerprint density at radius 2 is 1.00 bits per heavy atom. The first-order chi connectivity index (χ1) is 19.8. The number of benzene rings is 6. The van der Waals surface area contributed by atoms with Crippen molar-refractivity contribution in [2.45, 2.75) is 9.79 Å². The third-order valence-corrected chi connectivity index (χ3v) is 14.9. The average Bonchev–Trinajstić information content (AvgIpc) is 3.35. The maximum atomic E-state index is 6.58. The topological polar surface area (TPSA) is 14.2 Å². The predicted octanol–water partition coefficient (Wildman–Crippen LogP) is 6.73. The maximum absolute atomic E-state index is 6.58. The SMILES string of the molecule is c1ccc2c(c1)Oc1ccccc1[Si]21c2ccccc2Sc2ccc(-n3c4ccccc4c4ccccc43)cc21. The van der Waals surface area contributed by atoms with E-state index in [9.17, 15) is 0 Å². The fraction of sp³-hybridized carbons (Fsp3) is 0. The number of fused-ring (bicyclic) bond motifs is 11. The largest absolute Gasteiger partial charge is 0.458 e. The maximum Gasteiger partial charge on any atom is 0.190 e. The van der Waals surface area contributed by atoms with Gasteiger partial charge in [-0.25, -0.2) is 0 Å². The van der Waals surface area contributed by atoms with Gasteiger partial charge < -0.3 is 9.30 Å². The lowest BCUT2D eigenvalue weighted by Crippen LogP contribution is -2.77. The first-order valence-corrected chi connectivity index (χ1v) is 16.4. The van der Waals surface area contributed by atoms with Gasteiger partial charge in [-0.2, -0.15) is 0 Å². The van der Waals surface area contributed by atoms with Crippen LogP contribution < -0.4 is 25.5 Å². The second-order valence-electron chi connectivity index (χ2n) is 10.5. The van der Waals surface area contributed by atoms with Crippen molar-refractivity contribution in [2.24, 2.45) is 0 Å². The van der Waals surface area contributed by atoms with Gasteiger partial charge in [-0.1, -0.05) is 103 Å². The number of ether oxygens (including phenoxy) is 1. The van der Waals surface area contributed by atoms with E-state index in [0.29, 0.717) is 0 Å². The number of hydrogen-bond donors (Lipinski definition) is 0. The molecule has 1 aromatic heterocycles. The van der Waals surface area contributed by atoms with Crippen LogP contribution in [0.5, 0.6) is 11.5 Å². The van der Waals surface area contributed by atoms with Crippen molar-refractivity contribution in [1.82, 2.24) is 4.57 Å². The summed E-state index contributed by atoms with van der Waals surface area (Å²) in [4.78, 5) is 2.68. The average molecular weight is 546 g/mol. The van der Waals surface area contributed by atoms with E-state index in [1.54, 1.807) is 0 Å². The van der Waals surface area contributed by atoms with Crippen molar-refractivity contribution in [3.8, 4) is 17.2 Å². The van der Waals surface area contributed by atoms with Gasteiger partial charge in [0.25, 0.3) is 0 Å². The molecular formula is C36H23NOSSi. The van der Waals surface area contributed by atoms with Crippen LogP contribution in [0, 0.1) is 0 Å². The van der Waals surface area contributed by atoms with Gasteiger partial charge in [-0.05, 0) is 69.3 Å². The summed E-state index contributed by atoms with van der Waals surface area (Å²) < 4.78 is 9.02. The molecule has 0 aliphatic carbocycles. The second kappa shape index (κ2) is 8.24. The summed E-state index contributed by atoms with van der Waals surface area (Å²) in [5.74, 6) is 1.95. The van der Waals surface area contributed by atoms with Crippen LogP contribution in [0.4, 0.5) is 0 Å². The molecule has 2 nitrogen and oxygen atoms in total. The fourth-order valence-corrected chi connectivity index (χ4v) is 14.1. The van der Waals surface area contributed by atoms with E-state index in [2.05, 4.69) is 144 Å². The lowest BCUT2D eigenvalue weighted by atomic mass is 10.2. The van der Waals surface area contributed by atoms with E-state index in [1.165, 1.54) is 58.0 Å². The smallest absolute Gasteiger partial charge is 0.190 e. The molecule has 40 heavy (non-hydrogen) atoms. The van der Waals surface area contributed by atoms with Gasteiger partial charge in [0.1, 0.15) is 11.5 Å². The number of nitrogens with zero attached hydrogens (tertiary/aromatic N) is 1. The molecule has 2 aliphatic heterocycles. The molecule has 9 rings (SSSR count). The van der Waals surface area contributed by atoms with Crippen LogP contribution in [-0.2, 0) is 0 Å². The minimum atomic E-state index is -2.69. The molecule has 0 fully saturated rings. The van der Waals surface area contributed by atoms with Gasteiger partial charge >= 0.3 is 0 Å². The Balaban J connectivity index is 1.43. The van der Waals surface area contributed by atoms with Crippen LogP contribution in [0.3, 0.4) is 0 Å². The molecule has 6 aromatic carbocycles. The van der Waals surface area contributed by atoms with E-state index in [0.717, 1.165) is 11.5 Å². The summed E-state index contributed by atoms with van der Waals surface area (Å²) in [6, 6.07) is 51.1.